The molecule has 1 N–H and O–H groups in total. The van der Waals surface area contributed by atoms with Crippen molar-refractivity contribution in [1.29, 1.82) is 0 Å². The lowest BCUT2D eigenvalue weighted by molar-refractivity contribution is -0.125. The number of carbonyl (C=O) groups is 2. The molecule has 1 saturated carbocycles. The molecule has 1 unspecified atom stereocenters. The Bertz CT molecular complexity index is 1680. The van der Waals surface area contributed by atoms with E-state index in [0.29, 0.717) is 16.9 Å². The molecule has 5 rings (SSSR count). The molecule has 2 aliphatic rings. The minimum atomic E-state index is -4.25. The number of ketones is 1. The van der Waals surface area contributed by atoms with Gasteiger partial charge in [0, 0.05) is 42.6 Å². The zero-order valence-corrected chi connectivity index (χ0v) is 25.2. The lowest BCUT2D eigenvalue weighted by Crippen LogP contribution is -2.45. The van der Waals surface area contributed by atoms with Crippen molar-refractivity contribution in [3.8, 4) is 0 Å². The summed E-state index contributed by atoms with van der Waals surface area (Å²) in [4.78, 5) is 32.1. The van der Waals surface area contributed by atoms with Gasteiger partial charge in [-0.25, -0.2) is 17.4 Å². The maximum Gasteiger partial charge on any atom is 0.252 e. The van der Waals surface area contributed by atoms with Gasteiger partial charge in [-0.3, -0.25) is 9.59 Å². The van der Waals surface area contributed by atoms with E-state index < -0.39 is 20.2 Å². The highest BCUT2D eigenvalue weighted by Crippen LogP contribution is 2.45. The molecule has 1 amide bonds. The fourth-order valence-electron chi connectivity index (χ4n) is 4.86. The summed E-state index contributed by atoms with van der Waals surface area (Å²) in [6, 6.07) is 8.99. The second-order valence-corrected chi connectivity index (χ2v) is 14.1. The van der Waals surface area contributed by atoms with Crippen molar-refractivity contribution in [2.24, 2.45) is 5.41 Å². The quantitative estimate of drug-likeness (QED) is 0.325. The van der Waals surface area contributed by atoms with Crippen LogP contribution >= 0.6 is 11.3 Å². The van der Waals surface area contributed by atoms with Gasteiger partial charge < -0.3 is 15.0 Å². The van der Waals surface area contributed by atoms with Crippen LogP contribution in [-0.2, 0) is 37.5 Å². The summed E-state index contributed by atoms with van der Waals surface area (Å²) in [5.41, 5.74) is 3.00. The smallest absolute Gasteiger partial charge is 0.252 e. The molecule has 0 aliphatic heterocycles. The number of amides is 1. The van der Waals surface area contributed by atoms with E-state index in [-0.39, 0.29) is 42.6 Å². The van der Waals surface area contributed by atoms with Gasteiger partial charge in [0.1, 0.15) is 17.1 Å². The highest BCUT2D eigenvalue weighted by atomic mass is 32.2. The first-order valence-corrected chi connectivity index (χ1v) is 15.8. The van der Waals surface area contributed by atoms with Gasteiger partial charge in [-0.1, -0.05) is 37.3 Å². The number of rotatable bonds is 11. The van der Waals surface area contributed by atoms with Crippen LogP contribution < -0.4 is 5.32 Å². The third-order valence-electron chi connectivity index (χ3n) is 7.68. The summed E-state index contributed by atoms with van der Waals surface area (Å²) in [5.74, 6) is -0.391. The number of aromatic nitrogens is 2. The van der Waals surface area contributed by atoms with Crippen LogP contribution in [0.15, 0.2) is 77.0 Å². The van der Waals surface area contributed by atoms with E-state index in [1.54, 1.807) is 68.0 Å². The Kier molecular flexibility index (Phi) is 7.69. The van der Waals surface area contributed by atoms with E-state index in [2.05, 4.69) is 10.3 Å². The Labute approximate surface area is 244 Å². The van der Waals surface area contributed by atoms with Crippen molar-refractivity contribution in [3.63, 3.8) is 0 Å². The number of nitrogens with zero attached hydrogens (tertiary/aromatic N) is 3. The Hall–Kier alpha value is -3.70. The molecule has 3 aromatic rings. The molecule has 2 aliphatic carbocycles. The third kappa shape index (κ3) is 5.48. The summed E-state index contributed by atoms with van der Waals surface area (Å²) in [5, 5.41) is 5.49. The Morgan fingerprint density at radius 3 is 2.66 bits per heavy atom. The second-order valence-electron chi connectivity index (χ2n) is 11.2. The van der Waals surface area contributed by atoms with E-state index in [1.807, 2.05) is 24.4 Å². The van der Waals surface area contributed by atoms with Crippen molar-refractivity contribution >= 4 is 44.0 Å². The van der Waals surface area contributed by atoms with Crippen LogP contribution in [0.3, 0.4) is 0 Å². The van der Waals surface area contributed by atoms with Gasteiger partial charge in [-0.05, 0) is 38.3 Å². The topological polar surface area (TPSA) is 111 Å². The number of hydrogen-bond donors (Lipinski definition) is 1. The van der Waals surface area contributed by atoms with Crippen LogP contribution in [0.4, 0.5) is 0 Å². The van der Waals surface area contributed by atoms with Crippen LogP contribution in [0, 0.1) is 5.41 Å². The van der Waals surface area contributed by atoms with Gasteiger partial charge in [0.15, 0.2) is 5.78 Å². The SMILES string of the molecule is CN(C)/C=C/C(=O)C1=C(OCc2cscn2)C(C)(S(=O)(=O)n2c(CNC(=O)C3(C)CC3)cc3ccccc32)CC=C1. The number of para-hydroxylation sites is 1. The Morgan fingerprint density at radius 1 is 1.22 bits per heavy atom. The molecule has 0 saturated heterocycles. The van der Waals surface area contributed by atoms with Gasteiger partial charge in [-0.15, -0.1) is 11.3 Å². The molecule has 1 aromatic carbocycles. The average molecular weight is 595 g/mol. The second kappa shape index (κ2) is 10.9. The number of ether oxygens (including phenoxy) is 1. The first-order valence-electron chi connectivity index (χ1n) is 13.4. The standard InChI is InChI=1S/C30H34N4O5S2/c1-29(13-14-29)28(36)31-17-23-16-21-8-5-6-10-25(21)34(23)41(37,38)30(2)12-7-9-24(26(35)11-15-33(3)4)27(30)39-18-22-19-40-20-32-22/h5-11,15-16,19-20H,12-14,17-18H2,1-4H3,(H,31,36)/b15-11+. The molecule has 216 valence electrons. The number of carbonyl (C=O) groups excluding carboxylic acids is 2. The van der Waals surface area contributed by atoms with E-state index in [9.17, 15) is 18.0 Å². The molecule has 0 radical (unpaired) electrons. The molecular weight excluding hydrogens is 560 g/mol. The molecule has 2 heterocycles. The molecule has 9 nitrogen and oxygen atoms in total. The normalized spacial score (nSPS) is 20.0. The molecule has 1 atom stereocenters. The van der Waals surface area contributed by atoms with Crippen LogP contribution in [0.2, 0.25) is 0 Å². The molecule has 1 fully saturated rings. The lowest BCUT2D eigenvalue weighted by atomic mass is 9.92. The molecular formula is C30H34N4O5S2. The fourth-order valence-corrected chi connectivity index (χ4v) is 7.36. The minimum Gasteiger partial charge on any atom is -0.489 e. The number of allylic oxidation sites excluding steroid dienone is 4. The monoisotopic (exact) mass is 594 g/mol. The summed E-state index contributed by atoms with van der Waals surface area (Å²) in [7, 11) is -0.663. The average Bonchev–Trinajstić information content (AvgIpc) is 3.33. The zero-order valence-electron chi connectivity index (χ0n) is 23.6. The van der Waals surface area contributed by atoms with E-state index in [0.717, 1.165) is 18.2 Å². The number of benzene rings is 1. The first-order chi connectivity index (χ1) is 19.5. The number of nitrogens with one attached hydrogen (secondary N) is 1. The summed E-state index contributed by atoms with van der Waals surface area (Å²) in [6.45, 7) is 3.56. The van der Waals surface area contributed by atoms with Crippen molar-refractivity contribution in [2.45, 2.75) is 51.0 Å². The largest absolute Gasteiger partial charge is 0.489 e. The van der Waals surface area contributed by atoms with Gasteiger partial charge >= 0.3 is 0 Å². The van der Waals surface area contributed by atoms with E-state index in [1.165, 1.54) is 21.4 Å². The molecule has 41 heavy (non-hydrogen) atoms. The predicted molar refractivity (Wildman–Crippen MR) is 159 cm³/mol. The minimum absolute atomic E-state index is 0.0138. The number of thiazole rings is 1. The van der Waals surface area contributed by atoms with Crippen LogP contribution in [0.25, 0.3) is 10.9 Å². The third-order valence-corrected chi connectivity index (χ3v) is 10.7. The summed E-state index contributed by atoms with van der Waals surface area (Å²) < 4.78 is 35.5. The van der Waals surface area contributed by atoms with Gasteiger partial charge in [0.2, 0.25) is 5.91 Å². The van der Waals surface area contributed by atoms with Gasteiger partial charge in [-0.2, -0.15) is 0 Å². The van der Waals surface area contributed by atoms with Gasteiger partial charge in [0.25, 0.3) is 10.0 Å². The maximum absolute atomic E-state index is 14.8. The van der Waals surface area contributed by atoms with Crippen LogP contribution in [0.1, 0.15) is 44.5 Å². The van der Waals surface area contributed by atoms with E-state index >= 15 is 0 Å². The number of hydrogen-bond acceptors (Lipinski definition) is 8. The van der Waals surface area contributed by atoms with Crippen LogP contribution in [-0.4, -0.2) is 52.8 Å². The highest BCUT2D eigenvalue weighted by Gasteiger charge is 2.49. The number of fused-ring (bicyclic) bond motifs is 1. The molecule has 0 spiro atoms. The highest BCUT2D eigenvalue weighted by molar-refractivity contribution is 7.91. The summed E-state index contributed by atoms with van der Waals surface area (Å²) >= 11 is 1.40. The fraction of sp³-hybridized carbons (Fsp3) is 0.367. The van der Waals surface area contributed by atoms with Crippen molar-refractivity contribution in [3.05, 3.63) is 88.4 Å². The maximum atomic E-state index is 14.8. The van der Waals surface area contributed by atoms with Crippen molar-refractivity contribution in [1.82, 2.24) is 19.2 Å². The van der Waals surface area contributed by atoms with Crippen molar-refractivity contribution in [2.75, 3.05) is 14.1 Å². The van der Waals surface area contributed by atoms with E-state index in [4.69, 9.17) is 4.74 Å². The Balaban J connectivity index is 1.61. The van der Waals surface area contributed by atoms with Gasteiger partial charge in [0.05, 0.1) is 34.5 Å². The molecule has 11 heteroatoms. The summed E-state index contributed by atoms with van der Waals surface area (Å²) in [6.07, 6.45) is 8.05. The van der Waals surface area contributed by atoms with Crippen molar-refractivity contribution < 1.29 is 22.7 Å². The molecule has 0 bridgehead atoms. The zero-order chi connectivity index (χ0) is 29.4. The molecule has 2 aromatic heterocycles. The Morgan fingerprint density at radius 2 is 1.98 bits per heavy atom. The lowest BCUT2D eigenvalue weighted by Gasteiger charge is -2.35. The predicted octanol–water partition coefficient (Wildman–Crippen LogP) is 4.53. The van der Waals surface area contributed by atoms with Crippen LogP contribution in [0.5, 0.6) is 0 Å². The first kappa shape index (κ1) is 28.8.